The van der Waals surface area contributed by atoms with E-state index in [0.717, 1.165) is 9.17 Å². The second-order valence-electron chi connectivity index (χ2n) is 8.98. The normalized spacial score (nSPS) is 20.9. The van der Waals surface area contributed by atoms with Gasteiger partial charge in [0.05, 0.1) is 8.07 Å². The molecule has 2 aliphatic carbocycles. The largest absolute Gasteiger partial charge is 1.00 e. The first kappa shape index (κ1) is 24.5. The van der Waals surface area contributed by atoms with Crippen molar-refractivity contribution < 1.29 is 49.5 Å². The number of nitrogens with zero attached hydrogens (tertiary/aromatic N) is 1. The smallest absolute Gasteiger partial charge is 1.00 e. The Morgan fingerprint density at radius 3 is 2.16 bits per heavy atom. The van der Waals surface area contributed by atoms with Gasteiger partial charge >= 0.3 is 82.3 Å². The minimum atomic E-state index is -1.17. The van der Waals surface area contributed by atoms with E-state index in [1.54, 1.807) is 41.2 Å². The summed E-state index contributed by atoms with van der Waals surface area (Å²) in [6, 6.07) is 21.7. The Labute approximate surface area is 214 Å². The van der Waals surface area contributed by atoms with Crippen LogP contribution in [0.2, 0.25) is 13.1 Å². The molecule has 2 bridgehead atoms. The van der Waals surface area contributed by atoms with E-state index < -0.39 is 8.07 Å². The molecule has 1 aromatic heterocycles. The van der Waals surface area contributed by atoms with Gasteiger partial charge in [0.25, 0.3) is 0 Å². The van der Waals surface area contributed by atoms with Crippen LogP contribution in [0, 0.1) is 0 Å². The van der Waals surface area contributed by atoms with Crippen LogP contribution in [-0.4, -0.2) is 12.6 Å². The fourth-order valence-corrected chi connectivity index (χ4v) is 10.8. The van der Waals surface area contributed by atoms with Crippen LogP contribution < -0.4 is 24.8 Å². The van der Waals surface area contributed by atoms with Gasteiger partial charge in [-0.1, -0.05) is 42.1 Å². The minimum Gasteiger partial charge on any atom is -1.00 e. The third-order valence-electron chi connectivity index (χ3n) is 6.84. The van der Waals surface area contributed by atoms with Crippen molar-refractivity contribution in [2.75, 3.05) is 0 Å². The van der Waals surface area contributed by atoms with Gasteiger partial charge < -0.3 is 29.4 Å². The molecule has 3 aromatic rings. The van der Waals surface area contributed by atoms with E-state index >= 15 is 0 Å². The SMILES string of the molecule is CC1=C2c3ccn(-c4ccccc4)c3C1[Si]2(C)C.CC1=Cc2ccccc2[CH]1[Zr+2].[Cl-].[Cl-]. The zero-order valence-corrected chi connectivity index (χ0v) is 23.3. The van der Waals surface area contributed by atoms with E-state index in [1.165, 1.54) is 28.0 Å². The molecule has 4 aliphatic rings. The van der Waals surface area contributed by atoms with Crippen molar-refractivity contribution in [3.8, 4) is 5.69 Å². The van der Waals surface area contributed by atoms with Gasteiger partial charge in [0.1, 0.15) is 0 Å². The Kier molecular flexibility index (Phi) is 7.14. The summed E-state index contributed by atoms with van der Waals surface area (Å²) in [7, 11) is -1.17. The fourth-order valence-electron chi connectivity index (χ4n) is 5.61. The number of para-hydroxylation sites is 1. The average molecular weight is 543 g/mol. The number of hydrogen-bond donors (Lipinski definition) is 0. The fraction of sp³-hybridized carbons (Fsp3) is 0.231. The zero-order valence-electron chi connectivity index (χ0n) is 18.3. The molecular weight excluding hydrogens is 517 g/mol. The molecule has 0 N–H and O–H groups in total. The van der Waals surface area contributed by atoms with Crippen LogP contribution in [0.5, 0.6) is 0 Å². The third kappa shape index (κ3) is 3.72. The Morgan fingerprint density at radius 2 is 1.52 bits per heavy atom. The molecule has 0 saturated carbocycles. The molecule has 0 radical (unpaired) electrons. The van der Waals surface area contributed by atoms with E-state index in [1.807, 2.05) is 0 Å². The van der Waals surface area contributed by atoms with Crippen LogP contribution in [0.3, 0.4) is 0 Å². The van der Waals surface area contributed by atoms with Gasteiger partial charge in [-0.3, -0.25) is 0 Å². The molecule has 0 fully saturated rings. The summed E-state index contributed by atoms with van der Waals surface area (Å²) in [5.74, 6) is 0. The summed E-state index contributed by atoms with van der Waals surface area (Å²) in [6.07, 6.45) is 4.54. The first-order valence-corrected chi connectivity index (χ1v) is 14.9. The number of benzene rings is 2. The van der Waals surface area contributed by atoms with Crippen LogP contribution in [-0.2, 0) is 24.7 Å². The average Bonchev–Trinajstić information content (AvgIpc) is 3.39. The molecule has 5 heteroatoms. The molecule has 2 aliphatic heterocycles. The van der Waals surface area contributed by atoms with Crippen molar-refractivity contribution in [2.45, 2.75) is 36.1 Å². The molecule has 2 unspecified atom stereocenters. The monoisotopic (exact) mass is 540 g/mol. The van der Waals surface area contributed by atoms with Gasteiger partial charge in [0.15, 0.2) is 0 Å². The maximum absolute atomic E-state index is 2.51. The van der Waals surface area contributed by atoms with Crippen molar-refractivity contribution in [2.24, 2.45) is 0 Å². The number of allylic oxidation sites excluding steroid dienone is 2. The van der Waals surface area contributed by atoms with Crippen LogP contribution >= 0.6 is 0 Å². The third-order valence-corrected chi connectivity index (χ3v) is 12.8. The molecule has 3 heterocycles. The molecular formula is C26H26Cl2NSiZr. The van der Waals surface area contributed by atoms with Crippen LogP contribution in [0.15, 0.2) is 78.0 Å². The van der Waals surface area contributed by atoms with E-state index in [-0.39, 0.29) is 24.8 Å². The van der Waals surface area contributed by atoms with E-state index in [2.05, 4.69) is 104 Å². The van der Waals surface area contributed by atoms with Crippen LogP contribution in [0.1, 0.15) is 45.4 Å². The minimum absolute atomic E-state index is 0. The maximum atomic E-state index is 2.51. The van der Waals surface area contributed by atoms with Crippen molar-refractivity contribution in [3.63, 3.8) is 0 Å². The molecule has 2 atom stereocenters. The Bertz CT molecular complexity index is 1180. The summed E-state index contributed by atoms with van der Waals surface area (Å²) in [4.78, 5) is 0. The molecule has 31 heavy (non-hydrogen) atoms. The second kappa shape index (κ2) is 9.02. The van der Waals surface area contributed by atoms with Crippen molar-refractivity contribution in [1.29, 1.82) is 0 Å². The Balaban J connectivity index is 0.000000183. The topological polar surface area (TPSA) is 4.93 Å². The summed E-state index contributed by atoms with van der Waals surface area (Å²) in [6.45, 7) is 9.57. The number of halogens is 2. The number of aromatic nitrogens is 1. The van der Waals surface area contributed by atoms with Gasteiger partial charge in [0.2, 0.25) is 0 Å². The standard InChI is InChI=1S/C16H17NSi.C10H9.2ClH.Zr/c1-11-15-13-9-10-17(12-7-5-4-6-8-12)14(13)16(11)18(15,2)3;1-8-6-9-4-2-3-5-10(9)7-8;;;/h4-10,16H,1-3H3;2-7H,1H3;2*1H;/q;;;;+2/p-2. The first-order valence-electron chi connectivity index (χ1n) is 10.4. The number of fused-ring (bicyclic) bond motifs is 1. The van der Waals surface area contributed by atoms with Gasteiger partial charge in [-0.15, -0.1) is 0 Å². The summed E-state index contributed by atoms with van der Waals surface area (Å²) < 4.78 is 3.12. The zero-order chi connectivity index (χ0) is 20.3. The van der Waals surface area contributed by atoms with E-state index in [4.69, 9.17) is 0 Å². The van der Waals surface area contributed by atoms with Gasteiger partial charge in [-0.2, -0.15) is 0 Å². The van der Waals surface area contributed by atoms with Gasteiger partial charge in [-0.05, 0) is 30.7 Å². The molecule has 0 saturated heterocycles. The first-order chi connectivity index (χ1) is 13.9. The molecule has 2 aromatic carbocycles. The summed E-state index contributed by atoms with van der Waals surface area (Å²) in [5.41, 5.74) is 11.2. The maximum Gasteiger partial charge on any atom is -1.00 e. The van der Waals surface area contributed by atoms with Crippen molar-refractivity contribution in [3.05, 3.63) is 100 Å². The van der Waals surface area contributed by atoms with Gasteiger partial charge in [0, 0.05) is 23.1 Å². The molecule has 157 valence electrons. The Hall–Kier alpha value is -1.12. The van der Waals surface area contributed by atoms with Crippen LogP contribution in [0.25, 0.3) is 17.0 Å². The molecule has 0 amide bonds. The quantitative estimate of drug-likeness (QED) is 0.402. The van der Waals surface area contributed by atoms with E-state index in [9.17, 15) is 0 Å². The molecule has 7 rings (SSSR count). The van der Waals surface area contributed by atoms with E-state index in [0.29, 0.717) is 0 Å². The van der Waals surface area contributed by atoms with Crippen LogP contribution in [0.4, 0.5) is 0 Å². The number of hydrogen-bond acceptors (Lipinski definition) is 0. The van der Waals surface area contributed by atoms with Gasteiger partial charge in [-0.25, -0.2) is 0 Å². The predicted molar refractivity (Wildman–Crippen MR) is 121 cm³/mol. The van der Waals surface area contributed by atoms with Crippen molar-refractivity contribution in [1.82, 2.24) is 4.57 Å². The second-order valence-corrected chi connectivity index (χ2v) is 14.9. The predicted octanol–water partition coefficient (Wildman–Crippen LogP) is 0.848. The molecule has 0 spiro atoms. The number of rotatable bonds is 1. The summed E-state index contributed by atoms with van der Waals surface area (Å²) >= 11 is 1.60. The Morgan fingerprint density at radius 1 is 0.871 bits per heavy atom. The summed E-state index contributed by atoms with van der Waals surface area (Å²) in [5, 5.41) is 1.72. The van der Waals surface area contributed by atoms with Crippen molar-refractivity contribution >= 4 is 19.3 Å². The molecule has 1 nitrogen and oxygen atoms in total.